The van der Waals surface area contributed by atoms with E-state index >= 15 is 0 Å². The van der Waals surface area contributed by atoms with Gasteiger partial charge in [-0.15, -0.1) is 23.1 Å². The number of anilines is 1. The number of nitrogens with zero attached hydrogens (tertiary/aromatic N) is 2. The van der Waals surface area contributed by atoms with Crippen LogP contribution in [0.2, 0.25) is 0 Å². The van der Waals surface area contributed by atoms with Gasteiger partial charge >= 0.3 is 5.97 Å². The third-order valence-electron chi connectivity index (χ3n) is 4.03. The summed E-state index contributed by atoms with van der Waals surface area (Å²) in [5, 5.41) is 2.34. The van der Waals surface area contributed by atoms with Gasteiger partial charge in [-0.1, -0.05) is 30.8 Å². The van der Waals surface area contributed by atoms with Crippen LogP contribution >= 0.6 is 34.9 Å². The highest BCUT2D eigenvalue weighted by Crippen LogP contribution is 2.37. The second-order valence-corrected chi connectivity index (χ2v) is 9.67. The van der Waals surface area contributed by atoms with Gasteiger partial charge < -0.3 is 9.64 Å². The predicted octanol–water partition coefficient (Wildman–Crippen LogP) is 4.26. The molecule has 8 heteroatoms. The van der Waals surface area contributed by atoms with Gasteiger partial charge in [0.1, 0.15) is 0 Å². The number of thiazole rings is 1. The topological polar surface area (TPSA) is 59.5 Å². The molecule has 0 radical (unpaired) electrons. The monoisotopic (exact) mass is 422 g/mol. The summed E-state index contributed by atoms with van der Waals surface area (Å²) < 4.78 is 5.74. The maximum Gasteiger partial charge on any atom is 0.311 e. The fourth-order valence-electron chi connectivity index (χ4n) is 2.74. The van der Waals surface area contributed by atoms with Crippen molar-refractivity contribution >= 4 is 52.4 Å². The number of hydrogen-bond acceptors (Lipinski definition) is 7. The number of benzene rings is 1. The van der Waals surface area contributed by atoms with Crippen LogP contribution < -0.4 is 4.90 Å². The zero-order valence-corrected chi connectivity index (χ0v) is 17.8. The number of hydrogen-bond donors (Lipinski definition) is 0. The first-order chi connectivity index (χ1) is 13.1. The van der Waals surface area contributed by atoms with Crippen LogP contribution in [0.1, 0.15) is 26.0 Å². The van der Waals surface area contributed by atoms with Gasteiger partial charge in [0.15, 0.2) is 4.34 Å². The summed E-state index contributed by atoms with van der Waals surface area (Å²) in [4.78, 5) is 31.9. The Morgan fingerprint density at radius 3 is 3.00 bits per heavy atom. The van der Waals surface area contributed by atoms with Crippen LogP contribution in [0.25, 0.3) is 0 Å². The molecule has 3 rings (SSSR count). The Labute approximate surface area is 171 Å². The normalized spacial score (nSPS) is 16.5. The third-order valence-corrected chi connectivity index (χ3v) is 7.32. The Bertz CT molecular complexity index is 809. The zero-order valence-electron chi connectivity index (χ0n) is 15.3. The molecule has 0 saturated carbocycles. The smallest absolute Gasteiger partial charge is 0.311 e. The van der Waals surface area contributed by atoms with Crippen molar-refractivity contribution in [2.45, 2.75) is 41.2 Å². The van der Waals surface area contributed by atoms with E-state index in [1.54, 1.807) is 6.92 Å². The number of carbonyl (C=O) groups is 2. The van der Waals surface area contributed by atoms with Crippen molar-refractivity contribution in [3.63, 3.8) is 0 Å². The van der Waals surface area contributed by atoms with E-state index in [1.165, 1.54) is 23.1 Å². The third kappa shape index (κ3) is 5.49. The van der Waals surface area contributed by atoms with Crippen molar-refractivity contribution in [3.8, 4) is 0 Å². The lowest BCUT2D eigenvalue weighted by atomic mass is 10.2. The number of carbonyl (C=O) groups excluding carboxylic acids is 2. The molecular formula is C19H22N2O3S3. The van der Waals surface area contributed by atoms with Gasteiger partial charge in [-0.05, 0) is 25.5 Å². The lowest BCUT2D eigenvalue weighted by molar-refractivity contribution is -0.142. The van der Waals surface area contributed by atoms with Gasteiger partial charge in [0.2, 0.25) is 5.91 Å². The minimum atomic E-state index is -0.275. The van der Waals surface area contributed by atoms with Crippen LogP contribution in [-0.4, -0.2) is 41.0 Å². The molecule has 144 valence electrons. The molecule has 1 atom stereocenters. The molecule has 1 amide bonds. The van der Waals surface area contributed by atoms with E-state index in [2.05, 4.69) is 18.0 Å². The Kier molecular flexibility index (Phi) is 7.20. The fourth-order valence-corrected chi connectivity index (χ4v) is 5.58. The standard InChI is InChI=1S/C19H22N2O3S3/c1-3-24-18(23)10-14-11-25-19(20-14)26-12-17(22)21-9-8-13(2)27-16-7-5-4-6-15(16)21/h4-7,11,13H,3,8-10,12H2,1-2H3/t13-/m0/s1. The molecule has 0 spiro atoms. The molecule has 0 bridgehead atoms. The highest BCUT2D eigenvalue weighted by molar-refractivity contribution is 8.01. The van der Waals surface area contributed by atoms with Crippen molar-refractivity contribution in [1.82, 2.24) is 4.98 Å². The molecule has 1 aliphatic heterocycles. The van der Waals surface area contributed by atoms with Gasteiger partial charge in [0.05, 0.1) is 30.2 Å². The average molecular weight is 423 g/mol. The number of esters is 1. The summed E-state index contributed by atoms with van der Waals surface area (Å²) in [7, 11) is 0. The molecule has 1 aromatic heterocycles. The minimum absolute atomic E-state index is 0.0873. The van der Waals surface area contributed by atoms with Crippen LogP contribution in [0.4, 0.5) is 5.69 Å². The fraction of sp³-hybridized carbons (Fsp3) is 0.421. The summed E-state index contributed by atoms with van der Waals surface area (Å²) in [6.45, 7) is 5.08. The Morgan fingerprint density at radius 2 is 2.19 bits per heavy atom. The maximum atomic E-state index is 12.9. The Hall–Kier alpha value is -1.51. The van der Waals surface area contributed by atoms with Crippen LogP contribution in [0, 0.1) is 0 Å². The van der Waals surface area contributed by atoms with E-state index in [0.717, 1.165) is 27.9 Å². The molecular weight excluding hydrogens is 400 g/mol. The molecule has 27 heavy (non-hydrogen) atoms. The quantitative estimate of drug-likeness (QED) is 0.512. The van der Waals surface area contributed by atoms with Gasteiger partial charge in [0.25, 0.3) is 0 Å². The van der Waals surface area contributed by atoms with E-state index < -0.39 is 0 Å². The van der Waals surface area contributed by atoms with Crippen molar-refractivity contribution in [2.24, 2.45) is 0 Å². The molecule has 0 fully saturated rings. The van der Waals surface area contributed by atoms with Crippen LogP contribution in [0.3, 0.4) is 0 Å². The molecule has 0 unspecified atom stereocenters. The number of fused-ring (bicyclic) bond motifs is 1. The molecule has 1 aromatic carbocycles. The zero-order chi connectivity index (χ0) is 19.2. The van der Waals surface area contributed by atoms with Crippen LogP contribution in [0.5, 0.6) is 0 Å². The van der Waals surface area contributed by atoms with Crippen LogP contribution in [0.15, 0.2) is 38.9 Å². The maximum absolute atomic E-state index is 12.9. The molecule has 1 aliphatic rings. The SMILES string of the molecule is CCOC(=O)Cc1csc(SCC(=O)N2CC[C@H](C)Sc3ccccc32)n1. The second-order valence-electron chi connectivity index (χ2n) is 6.11. The summed E-state index contributed by atoms with van der Waals surface area (Å²) in [6, 6.07) is 8.09. The molecule has 0 aliphatic carbocycles. The van der Waals surface area contributed by atoms with Gasteiger partial charge in [-0.3, -0.25) is 9.59 Å². The van der Waals surface area contributed by atoms with Crippen molar-refractivity contribution in [2.75, 3.05) is 23.8 Å². The predicted molar refractivity (Wildman–Crippen MR) is 112 cm³/mol. The lowest BCUT2D eigenvalue weighted by Crippen LogP contribution is -2.33. The largest absolute Gasteiger partial charge is 0.466 e. The van der Waals surface area contributed by atoms with Gasteiger partial charge in [-0.2, -0.15) is 0 Å². The first kappa shape index (κ1) is 20.2. The lowest BCUT2D eigenvalue weighted by Gasteiger charge is -2.22. The average Bonchev–Trinajstić information content (AvgIpc) is 3.01. The summed E-state index contributed by atoms with van der Waals surface area (Å²) in [6.07, 6.45) is 1.14. The van der Waals surface area contributed by atoms with E-state index in [9.17, 15) is 9.59 Å². The number of aromatic nitrogens is 1. The highest BCUT2D eigenvalue weighted by Gasteiger charge is 2.24. The second kappa shape index (κ2) is 9.61. The summed E-state index contributed by atoms with van der Waals surface area (Å²) >= 11 is 4.71. The van der Waals surface area contributed by atoms with Gasteiger partial charge in [-0.25, -0.2) is 4.98 Å². The van der Waals surface area contributed by atoms with Crippen molar-refractivity contribution in [1.29, 1.82) is 0 Å². The number of ether oxygens (including phenoxy) is 1. The molecule has 5 nitrogen and oxygen atoms in total. The van der Waals surface area contributed by atoms with E-state index in [1.807, 2.05) is 40.2 Å². The Balaban J connectivity index is 1.61. The summed E-state index contributed by atoms with van der Waals surface area (Å²) in [5.41, 5.74) is 1.69. The summed E-state index contributed by atoms with van der Waals surface area (Å²) in [5.74, 6) is 0.146. The molecule has 0 N–H and O–H groups in total. The van der Waals surface area contributed by atoms with E-state index in [0.29, 0.717) is 23.3 Å². The number of amides is 1. The number of para-hydroxylation sites is 1. The minimum Gasteiger partial charge on any atom is -0.466 e. The molecule has 2 heterocycles. The molecule has 2 aromatic rings. The van der Waals surface area contributed by atoms with E-state index in [-0.39, 0.29) is 18.3 Å². The van der Waals surface area contributed by atoms with Crippen LogP contribution in [-0.2, 0) is 20.7 Å². The van der Waals surface area contributed by atoms with Gasteiger partial charge in [0, 0.05) is 22.1 Å². The first-order valence-electron chi connectivity index (χ1n) is 8.85. The highest BCUT2D eigenvalue weighted by atomic mass is 32.2. The first-order valence-corrected chi connectivity index (χ1v) is 11.6. The number of rotatable bonds is 6. The number of thioether (sulfide) groups is 2. The van der Waals surface area contributed by atoms with Crippen molar-refractivity contribution in [3.05, 3.63) is 35.3 Å². The Morgan fingerprint density at radius 1 is 1.37 bits per heavy atom. The molecule has 0 saturated heterocycles. The van der Waals surface area contributed by atoms with Crippen molar-refractivity contribution < 1.29 is 14.3 Å². The van der Waals surface area contributed by atoms with E-state index in [4.69, 9.17) is 4.74 Å².